The normalized spacial score (nSPS) is 19.2. The summed E-state index contributed by atoms with van der Waals surface area (Å²) in [5.74, 6) is -0.977. The number of aliphatic imine (C=N–C) groups is 1. The maximum Gasteiger partial charge on any atom is 0.255 e. The third-order valence-corrected chi connectivity index (χ3v) is 8.94. The minimum absolute atomic E-state index is 0.140. The number of nitrogens with one attached hydrogen (secondary N) is 3. The molecule has 3 aliphatic rings. The van der Waals surface area contributed by atoms with Gasteiger partial charge in [0, 0.05) is 30.9 Å². The summed E-state index contributed by atoms with van der Waals surface area (Å²) in [6.07, 6.45) is 7.21. The molecule has 2 unspecified atom stereocenters. The Labute approximate surface area is 231 Å². The van der Waals surface area contributed by atoms with Crippen molar-refractivity contribution in [1.29, 1.82) is 0 Å². The van der Waals surface area contributed by atoms with E-state index in [-0.39, 0.29) is 35.5 Å². The number of nitrogens with zero attached hydrogens (tertiary/aromatic N) is 1. The molecule has 11 nitrogen and oxygen atoms in total. The summed E-state index contributed by atoms with van der Waals surface area (Å²) >= 11 is 1.16. The van der Waals surface area contributed by atoms with Crippen LogP contribution in [0.15, 0.2) is 40.2 Å². The molecule has 4 rings (SSSR count). The Balaban J connectivity index is 1.46. The largest absolute Gasteiger partial charge is 0.496 e. The molecule has 39 heavy (non-hydrogen) atoms. The zero-order chi connectivity index (χ0) is 28.2. The molecular formula is C26H32N4O7S2. The Morgan fingerprint density at radius 2 is 1.95 bits per heavy atom. The lowest BCUT2D eigenvalue weighted by Crippen LogP contribution is -2.47. The monoisotopic (exact) mass is 576 g/mol. The highest BCUT2D eigenvalue weighted by molar-refractivity contribution is 8.19. The van der Waals surface area contributed by atoms with Gasteiger partial charge in [-0.1, -0.05) is 23.9 Å². The number of carbonyl (C=O) groups excluding carboxylic acids is 3. The molecule has 1 heterocycles. The molecule has 2 aliphatic carbocycles. The van der Waals surface area contributed by atoms with Crippen molar-refractivity contribution in [3.05, 3.63) is 46.4 Å². The first-order valence-corrected chi connectivity index (χ1v) is 15.3. The van der Waals surface area contributed by atoms with Crippen LogP contribution in [0.2, 0.25) is 0 Å². The molecule has 1 aromatic carbocycles. The predicted molar refractivity (Wildman–Crippen MR) is 150 cm³/mol. The fourth-order valence-corrected chi connectivity index (χ4v) is 6.85. The van der Waals surface area contributed by atoms with E-state index in [2.05, 4.69) is 20.9 Å². The molecule has 0 aromatic heterocycles. The van der Waals surface area contributed by atoms with Gasteiger partial charge in [0.25, 0.3) is 5.91 Å². The molecule has 210 valence electrons. The molecule has 0 spiro atoms. The minimum atomic E-state index is -3.85. The summed E-state index contributed by atoms with van der Waals surface area (Å²) in [4.78, 5) is 42.7. The number of thioether (sulfide) groups is 1. The van der Waals surface area contributed by atoms with Crippen molar-refractivity contribution >= 4 is 49.9 Å². The van der Waals surface area contributed by atoms with Gasteiger partial charge in [-0.15, -0.1) is 0 Å². The van der Waals surface area contributed by atoms with E-state index in [9.17, 15) is 22.8 Å². The van der Waals surface area contributed by atoms with Crippen LogP contribution in [0, 0.1) is 0 Å². The van der Waals surface area contributed by atoms with Crippen LogP contribution in [-0.4, -0.2) is 88.7 Å². The Morgan fingerprint density at radius 1 is 1.18 bits per heavy atom. The van der Waals surface area contributed by atoms with Gasteiger partial charge in [0.05, 0.1) is 31.9 Å². The first-order valence-electron chi connectivity index (χ1n) is 12.5. The average Bonchev–Trinajstić information content (AvgIpc) is 3.61. The van der Waals surface area contributed by atoms with Crippen molar-refractivity contribution < 1.29 is 32.3 Å². The van der Waals surface area contributed by atoms with Crippen LogP contribution in [0.3, 0.4) is 0 Å². The van der Waals surface area contributed by atoms with Gasteiger partial charge in [-0.05, 0) is 48.6 Å². The number of sulfone groups is 1. The van der Waals surface area contributed by atoms with Crippen LogP contribution in [0.25, 0.3) is 5.57 Å². The van der Waals surface area contributed by atoms with Gasteiger partial charge in [-0.3, -0.25) is 19.4 Å². The number of methoxy groups -OCH3 is 2. The van der Waals surface area contributed by atoms with Gasteiger partial charge in [0.2, 0.25) is 11.8 Å². The minimum Gasteiger partial charge on any atom is -0.496 e. The van der Waals surface area contributed by atoms with Crippen molar-refractivity contribution in [3.8, 4) is 5.75 Å². The second-order valence-electron chi connectivity index (χ2n) is 9.46. The van der Waals surface area contributed by atoms with E-state index in [0.717, 1.165) is 46.9 Å². The second kappa shape index (κ2) is 12.3. The third-order valence-electron chi connectivity index (χ3n) is 6.32. The Kier molecular flexibility index (Phi) is 9.13. The van der Waals surface area contributed by atoms with Crippen molar-refractivity contribution in [1.82, 2.24) is 16.0 Å². The zero-order valence-corrected chi connectivity index (χ0v) is 23.6. The predicted octanol–water partition coefficient (Wildman–Crippen LogP) is 1.06. The third kappa shape index (κ3) is 7.28. The standard InChI is InChI=1S/C26H32N4O7S2/c1-36-11-10-27-24(32)18-8-4-15(12-20(18)37-2)16-5-9-19-21(13-16)38-26(30-19)23(39(3,34)35)25(33)28-14-22(31)29-17-6-7-17/h4-5,8,12-13,17,19,23H,6-7,9-11,14H2,1-3H3,(H,27,32)(H,28,33)(H,29,31). The van der Waals surface area contributed by atoms with Crippen LogP contribution >= 0.6 is 11.8 Å². The summed E-state index contributed by atoms with van der Waals surface area (Å²) in [6.45, 7) is 0.477. The quantitative estimate of drug-likeness (QED) is 0.313. The number of ether oxygens (including phenoxy) is 2. The van der Waals surface area contributed by atoms with E-state index in [0.29, 0.717) is 30.9 Å². The number of rotatable bonds is 12. The van der Waals surface area contributed by atoms with Crippen LogP contribution in [-0.2, 0) is 24.2 Å². The van der Waals surface area contributed by atoms with Crippen LogP contribution in [0.4, 0.5) is 0 Å². The van der Waals surface area contributed by atoms with Gasteiger partial charge < -0.3 is 25.4 Å². The molecule has 1 saturated carbocycles. The van der Waals surface area contributed by atoms with E-state index < -0.39 is 21.0 Å². The van der Waals surface area contributed by atoms with Crippen LogP contribution in [0.5, 0.6) is 5.75 Å². The van der Waals surface area contributed by atoms with Crippen molar-refractivity contribution in [2.45, 2.75) is 36.6 Å². The number of fused-ring (bicyclic) bond motifs is 1. The van der Waals surface area contributed by atoms with E-state index >= 15 is 0 Å². The zero-order valence-electron chi connectivity index (χ0n) is 22.0. The van der Waals surface area contributed by atoms with E-state index in [1.54, 1.807) is 19.2 Å². The van der Waals surface area contributed by atoms with Gasteiger partial charge >= 0.3 is 0 Å². The summed E-state index contributed by atoms with van der Waals surface area (Å²) in [5, 5.41) is 6.66. The lowest BCUT2D eigenvalue weighted by atomic mass is 9.96. The van der Waals surface area contributed by atoms with Crippen molar-refractivity contribution in [3.63, 3.8) is 0 Å². The number of benzene rings is 1. The second-order valence-corrected chi connectivity index (χ2v) is 12.7. The molecule has 1 aliphatic heterocycles. The first kappa shape index (κ1) is 28.8. The molecule has 3 N–H and O–H groups in total. The molecule has 0 radical (unpaired) electrons. The first-order chi connectivity index (χ1) is 18.6. The number of amides is 3. The number of hydrogen-bond donors (Lipinski definition) is 3. The Bertz CT molecular complexity index is 1350. The smallest absolute Gasteiger partial charge is 0.255 e. The van der Waals surface area contributed by atoms with Crippen LogP contribution < -0.4 is 20.7 Å². The fraction of sp³-hybridized carbons (Fsp3) is 0.462. The molecule has 0 bridgehead atoms. The number of carbonyl (C=O) groups is 3. The van der Waals surface area contributed by atoms with Gasteiger partial charge in [-0.25, -0.2) is 8.42 Å². The highest BCUT2D eigenvalue weighted by atomic mass is 32.2. The molecule has 0 saturated heterocycles. The van der Waals surface area contributed by atoms with E-state index in [4.69, 9.17) is 9.47 Å². The maximum atomic E-state index is 12.9. The highest BCUT2D eigenvalue weighted by Gasteiger charge is 2.40. The Morgan fingerprint density at radius 3 is 2.62 bits per heavy atom. The molecule has 1 fully saturated rings. The summed E-state index contributed by atoms with van der Waals surface area (Å²) < 4.78 is 35.6. The van der Waals surface area contributed by atoms with E-state index in [1.807, 2.05) is 18.2 Å². The Hall–Kier alpha value is -3.16. The maximum absolute atomic E-state index is 12.9. The molecule has 1 aromatic rings. The molecule has 3 amide bonds. The average molecular weight is 577 g/mol. The summed E-state index contributed by atoms with van der Waals surface area (Å²) in [7, 11) is -0.796. The topological polar surface area (TPSA) is 152 Å². The number of hydrogen-bond acceptors (Lipinski definition) is 9. The van der Waals surface area contributed by atoms with Crippen molar-refractivity contribution in [2.75, 3.05) is 40.2 Å². The molecular weight excluding hydrogens is 544 g/mol. The highest BCUT2D eigenvalue weighted by Crippen LogP contribution is 2.41. The van der Waals surface area contributed by atoms with Crippen LogP contribution in [0.1, 0.15) is 35.2 Å². The number of allylic oxidation sites excluding steroid dienone is 2. The SMILES string of the molecule is COCCNC(=O)c1ccc(C2=CCC3N=C(C(C(=O)NCC(=O)NC4CC4)S(C)(=O)=O)SC3=C2)cc1OC. The van der Waals surface area contributed by atoms with Gasteiger partial charge in [0.1, 0.15) is 10.8 Å². The van der Waals surface area contributed by atoms with E-state index in [1.165, 1.54) is 7.11 Å². The molecule has 13 heteroatoms. The lowest BCUT2D eigenvalue weighted by Gasteiger charge is -2.17. The summed E-state index contributed by atoms with van der Waals surface area (Å²) in [5.41, 5.74) is 2.08. The van der Waals surface area contributed by atoms with Gasteiger partial charge in [-0.2, -0.15) is 0 Å². The summed E-state index contributed by atoms with van der Waals surface area (Å²) in [6, 6.07) is 5.12. The van der Waals surface area contributed by atoms with Crippen molar-refractivity contribution in [2.24, 2.45) is 4.99 Å². The fourth-order valence-electron chi connectivity index (χ4n) is 4.18. The van der Waals surface area contributed by atoms with Gasteiger partial charge in [0.15, 0.2) is 15.1 Å². The lowest BCUT2D eigenvalue weighted by molar-refractivity contribution is -0.125. The molecule has 2 atom stereocenters.